The molecule has 1 amide bonds. The lowest BCUT2D eigenvalue weighted by atomic mass is 10.0. The van der Waals surface area contributed by atoms with Gasteiger partial charge < -0.3 is 9.26 Å². The number of hydrogen-bond donors (Lipinski definition) is 1. The number of aromatic nitrogens is 1. The van der Waals surface area contributed by atoms with Crippen molar-refractivity contribution < 1.29 is 22.5 Å². The summed E-state index contributed by atoms with van der Waals surface area (Å²) in [5, 5.41) is 5.21. The summed E-state index contributed by atoms with van der Waals surface area (Å²) in [7, 11) is -3.64. The fourth-order valence-corrected chi connectivity index (χ4v) is 6.77. The molecule has 0 saturated carbocycles. The number of sulfonamides is 1. The topological polar surface area (TPSA) is 98.5 Å². The highest BCUT2D eigenvalue weighted by Gasteiger charge is 2.24. The van der Waals surface area contributed by atoms with Crippen LogP contribution in [0.25, 0.3) is 21.7 Å². The van der Waals surface area contributed by atoms with E-state index in [2.05, 4.69) is 9.88 Å². The minimum atomic E-state index is -3.64. The van der Waals surface area contributed by atoms with Crippen LogP contribution in [0.5, 0.6) is 5.75 Å². The molecular weight excluding hydrogens is 579 g/mol. The van der Waals surface area contributed by atoms with Crippen LogP contribution in [0.1, 0.15) is 59.7 Å². The number of thiophene rings is 1. The van der Waals surface area contributed by atoms with Gasteiger partial charge in [0.15, 0.2) is 0 Å². The van der Waals surface area contributed by atoms with Crippen LogP contribution >= 0.6 is 34.5 Å². The Labute approximate surface area is 242 Å². The maximum atomic E-state index is 12.4. The second-order valence-electron chi connectivity index (χ2n) is 9.30. The van der Waals surface area contributed by atoms with Crippen molar-refractivity contribution in [2.24, 2.45) is 0 Å². The molecule has 11 heteroatoms. The summed E-state index contributed by atoms with van der Waals surface area (Å²) in [5.74, 6) is 0.680. The van der Waals surface area contributed by atoms with Gasteiger partial charge in [0.25, 0.3) is 5.91 Å². The highest BCUT2D eigenvalue weighted by Crippen LogP contribution is 2.39. The number of ether oxygens (including phenoxy) is 1. The van der Waals surface area contributed by atoms with Crippen molar-refractivity contribution >= 4 is 50.5 Å². The number of nitrogens with zero attached hydrogens (tertiary/aromatic N) is 1. The Hall–Kier alpha value is -2.85. The summed E-state index contributed by atoms with van der Waals surface area (Å²) in [4.78, 5) is 13.6. The summed E-state index contributed by atoms with van der Waals surface area (Å²) in [6.07, 6.45) is 0.427. The zero-order chi connectivity index (χ0) is 28.3. The normalized spacial score (nSPS) is 11.7. The van der Waals surface area contributed by atoms with Gasteiger partial charge in [0.2, 0.25) is 10.0 Å². The first kappa shape index (κ1) is 29.1. The molecule has 2 aromatic heterocycles. The van der Waals surface area contributed by atoms with E-state index in [4.69, 9.17) is 32.5 Å². The van der Waals surface area contributed by atoms with Gasteiger partial charge in [0.05, 0.1) is 26.2 Å². The lowest BCUT2D eigenvalue weighted by Gasteiger charge is -2.12. The second-order valence-corrected chi connectivity index (χ2v) is 13.0. The van der Waals surface area contributed by atoms with Gasteiger partial charge in [0, 0.05) is 16.4 Å². The molecular formula is C28H28Cl2N2O5S2. The highest BCUT2D eigenvalue weighted by atomic mass is 35.5. The Morgan fingerprint density at radius 2 is 1.85 bits per heavy atom. The van der Waals surface area contributed by atoms with Crippen molar-refractivity contribution in [3.05, 3.63) is 80.3 Å². The molecule has 0 spiro atoms. The molecule has 0 aliphatic rings. The minimum Gasteiger partial charge on any atom is -0.489 e. The monoisotopic (exact) mass is 606 g/mol. The van der Waals surface area contributed by atoms with Gasteiger partial charge in [-0.3, -0.25) is 4.79 Å². The highest BCUT2D eigenvalue weighted by molar-refractivity contribution is 7.90. The quantitative estimate of drug-likeness (QED) is 0.197. The second kappa shape index (κ2) is 12.1. The smallest absolute Gasteiger partial charge is 0.274 e. The number of carbonyl (C=O) groups excluding carboxylic acids is 1. The molecule has 2 aromatic carbocycles. The van der Waals surface area contributed by atoms with Gasteiger partial charge in [-0.25, -0.2) is 13.1 Å². The van der Waals surface area contributed by atoms with E-state index >= 15 is 0 Å². The SMILES string of the molecule is CCCS(=O)(=O)NC(=O)c1ccc(-c2ccc(OCc3c(-c4c(Cl)cccc4Cl)noc3C(C)C)cc2C)s1. The van der Waals surface area contributed by atoms with Gasteiger partial charge in [-0.15, -0.1) is 11.3 Å². The largest absolute Gasteiger partial charge is 0.489 e. The number of rotatable bonds is 10. The fourth-order valence-electron chi connectivity index (χ4n) is 4.11. The molecule has 4 rings (SSSR count). The maximum Gasteiger partial charge on any atom is 0.274 e. The first-order chi connectivity index (χ1) is 18.5. The van der Waals surface area contributed by atoms with Gasteiger partial charge in [-0.05, 0) is 66.9 Å². The van der Waals surface area contributed by atoms with Crippen LogP contribution in [-0.2, 0) is 16.6 Å². The Morgan fingerprint density at radius 1 is 1.13 bits per heavy atom. The molecule has 0 aliphatic carbocycles. The first-order valence-electron chi connectivity index (χ1n) is 12.3. The molecule has 1 N–H and O–H groups in total. The van der Waals surface area contributed by atoms with Crippen molar-refractivity contribution in [1.82, 2.24) is 9.88 Å². The van der Waals surface area contributed by atoms with E-state index in [9.17, 15) is 13.2 Å². The average molecular weight is 608 g/mol. The Balaban J connectivity index is 1.54. The van der Waals surface area contributed by atoms with Gasteiger partial charge in [0.1, 0.15) is 23.8 Å². The average Bonchev–Trinajstić information content (AvgIpc) is 3.50. The third kappa shape index (κ3) is 6.66. The summed E-state index contributed by atoms with van der Waals surface area (Å²) in [6, 6.07) is 14.4. The van der Waals surface area contributed by atoms with Crippen molar-refractivity contribution in [2.75, 3.05) is 5.75 Å². The number of aryl methyl sites for hydroxylation is 1. The molecule has 0 radical (unpaired) electrons. The number of hydrogen-bond acceptors (Lipinski definition) is 7. The Bertz CT molecular complexity index is 1590. The molecule has 0 aliphatic heterocycles. The van der Waals surface area contributed by atoms with Crippen LogP contribution in [-0.4, -0.2) is 25.2 Å². The predicted molar refractivity (Wildman–Crippen MR) is 156 cm³/mol. The molecule has 206 valence electrons. The minimum absolute atomic E-state index is 0.0670. The molecule has 0 atom stereocenters. The number of carbonyl (C=O) groups is 1. The van der Waals surface area contributed by atoms with Gasteiger partial charge >= 0.3 is 0 Å². The van der Waals surface area contributed by atoms with Crippen molar-refractivity contribution in [3.8, 4) is 27.4 Å². The fraction of sp³-hybridized carbons (Fsp3) is 0.286. The van der Waals surface area contributed by atoms with E-state index in [-0.39, 0.29) is 18.3 Å². The molecule has 4 aromatic rings. The van der Waals surface area contributed by atoms with Gasteiger partial charge in [-0.1, -0.05) is 55.2 Å². The van der Waals surface area contributed by atoms with Gasteiger partial charge in [-0.2, -0.15) is 0 Å². The molecule has 0 saturated heterocycles. The molecule has 0 bridgehead atoms. The molecule has 7 nitrogen and oxygen atoms in total. The summed E-state index contributed by atoms with van der Waals surface area (Å²) < 4.78 is 37.9. The predicted octanol–water partition coefficient (Wildman–Crippen LogP) is 7.86. The Kier molecular flexibility index (Phi) is 9.06. The van der Waals surface area contributed by atoms with E-state index < -0.39 is 15.9 Å². The molecule has 0 unspecified atom stereocenters. The third-order valence-corrected chi connectivity index (χ3v) is 9.13. The van der Waals surface area contributed by atoms with E-state index in [0.717, 1.165) is 21.6 Å². The van der Waals surface area contributed by atoms with Crippen molar-refractivity contribution in [3.63, 3.8) is 0 Å². The molecule has 39 heavy (non-hydrogen) atoms. The van der Waals surface area contributed by atoms with E-state index in [1.165, 1.54) is 11.3 Å². The van der Waals surface area contributed by atoms with E-state index in [1.54, 1.807) is 37.3 Å². The van der Waals surface area contributed by atoms with E-state index in [0.29, 0.717) is 44.1 Å². The van der Waals surface area contributed by atoms with Crippen LogP contribution in [0.3, 0.4) is 0 Å². The van der Waals surface area contributed by atoms with Crippen molar-refractivity contribution in [2.45, 2.75) is 46.6 Å². The van der Waals surface area contributed by atoms with Crippen molar-refractivity contribution in [1.29, 1.82) is 0 Å². The maximum absolute atomic E-state index is 12.4. The lowest BCUT2D eigenvalue weighted by Crippen LogP contribution is -2.31. The first-order valence-corrected chi connectivity index (χ1v) is 15.5. The summed E-state index contributed by atoms with van der Waals surface area (Å²) >= 11 is 14.1. The third-order valence-electron chi connectivity index (χ3n) is 5.94. The summed E-state index contributed by atoms with van der Waals surface area (Å²) in [6.45, 7) is 7.90. The summed E-state index contributed by atoms with van der Waals surface area (Å²) in [5.41, 5.74) is 3.77. The lowest BCUT2D eigenvalue weighted by molar-refractivity contribution is 0.0985. The van der Waals surface area contributed by atoms with E-state index in [1.807, 2.05) is 39.0 Å². The number of amides is 1. The van der Waals surface area contributed by atoms with Crippen LogP contribution in [0.4, 0.5) is 0 Å². The molecule has 2 heterocycles. The molecule has 0 fully saturated rings. The Morgan fingerprint density at radius 3 is 2.49 bits per heavy atom. The number of halogens is 2. The number of benzene rings is 2. The van der Waals surface area contributed by atoms with Crippen LogP contribution in [0, 0.1) is 6.92 Å². The number of nitrogens with one attached hydrogen (secondary N) is 1. The van der Waals surface area contributed by atoms with Crippen LogP contribution in [0.15, 0.2) is 53.1 Å². The zero-order valence-corrected chi connectivity index (χ0v) is 25.0. The standard InChI is InChI=1S/C28H28Cl2N2O5S2/c1-5-13-39(34,35)32-28(33)24-12-11-23(38-24)19-10-9-18(14-17(19)4)36-15-20-26(31-37-27(20)16(2)3)25-21(29)7-6-8-22(25)30/h6-12,14,16H,5,13,15H2,1-4H3,(H,32,33). The zero-order valence-electron chi connectivity index (χ0n) is 21.9. The van der Waals surface area contributed by atoms with Crippen LogP contribution in [0.2, 0.25) is 10.0 Å². The van der Waals surface area contributed by atoms with Crippen LogP contribution < -0.4 is 9.46 Å².